The summed E-state index contributed by atoms with van der Waals surface area (Å²) < 4.78 is 13.5. The normalized spacial score (nSPS) is 17.0. The van der Waals surface area contributed by atoms with Crippen LogP contribution in [0.1, 0.15) is 62.9 Å². The summed E-state index contributed by atoms with van der Waals surface area (Å²) in [6.45, 7) is 5.64. The lowest BCUT2D eigenvalue weighted by molar-refractivity contribution is -0.162. The summed E-state index contributed by atoms with van der Waals surface area (Å²) in [6, 6.07) is 12.4. The molecule has 2 heterocycles. The quantitative estimate of drug-likeness (QED) is 0.434. The summed E-state index contributed by atoms with van der Waals surface area (Å²) in [4.78, 5) is 15.4. The van der Waals surface area contributed by atoms with Gasteiger partial charge in [-0.25, -0.2) is 0 Å². The summed E-state index contributed by atoms with van der Waals surface area (Å²) in [5.74, 6) is 0.282. The average molecular weight is 416 g/mol. The zero-order valence-corrected chi connectivity index (χ0v) is 18.5. The molecule has 0 radical (unpaired) electrons. The summed E-state index contributed by atoms with van der Waals surface area (Å²) in [5.41, 5.74) is 1.10. The number of hydrogen-bond acceptors (Lipinski definition) is 4. The fourth-order valence-corrected chi connectivity index (χ4v) is 4.73. The van der Waals surface area contributed by atoms with Crippen molar-refractivity contribution in [3.63, 3.8) is 0 Å². The third-order valence-corrected chi connectivity index (χ3v) is 6.59. The molecular formula is C24H33NO3S. The maximum absolute atomic E-state index is 13.1. The molecule has 5 heteroatoms. The van der Waals surface area contributed by atoms with Crippen LogP contribution in [0.5, 0.6) is 0 Å². The molecule has 1 saturated heterocycles. The SMILES string of the molecule is CCC(CC)C(=O)n1ccc(Sc2ccccc2)c1CCCOC1CCCCO1. The highest BCUT2D eigenvalue weighted by Gasteiger charge is 2.21. The second kappa shape index (κ2) is 11.6. The number of aromatic nitrogens is 1. The van der Waals surface area contributed by atoms with Crippen LogP contribution in [0.4, 0.5) is 0 Å². The fraction of sp³-hybridized carbons (Fsp3) is 0.542. The Morgan fingerprint density at radius 2 is 2.00 bits per heavy atom. The minimum absolute atomic E-state index is 0.0557. The molecular weight excluding hydrogens is 382 g/mol. The molecule has 0 bridgehead atoms. The van der Waals surface area contributed by atoms with Crippen molar-refractivity contribution in [1.29, 1.82) is 0 Å². The van der Waals surface area contributed by atoms with Crippen molar-refractivity contribution in [2.75, 3.05) is 13.2 Å². The Hall–Kier alpha value is -1.56. The van der Waals surface area contributed by atoms with Crippen LogP contribution >= 0.6 is 11.8 Å². The van der Waals surface area contributed by atoms with E-state index in [4.69, 9.17) is 9.47 Å². The van der Waals surface area contributed by atoms with Gasteiger partial charge in [-0.15, -0.1) is 0 Å². The van der Waals surface area contributed by atoms with Crippen LogP contribution in [-0.4, -0.2) is 30.0 Å². The molecule has 0 spiro atoms. The van der Waals surface area contributed by atoms with Crippen LogP contribution in [0, 0.1) is 5.92 Å². The van der Waals surface area contributed by atoms with Crippen molar-refractivity contribution in [1.82, 2.24) is 4.57 Å². The first-order valence-corrected chi connectivity index (χ1v) is 11.7. The van der Waals surface area contributed by atoms with E-state index < -0.39 is 0 Å². The molecule has 29 heavy (non-hydrogen) atoms. The van der Waals surface area contributed by atoms with E-state index >= 15 is 0 Å². The molecule has 0 N–H and O–H groups in total. The molecule has 0 aliphatic carbocycles. The van der Waals surface area contributed by atoms with Crippen LogP contribution in [0.3, 0.4) is 0 Å². The number of hydrogen-bond donors (Lipinski definition) is 0. The summed E-state index contributed by atoms with van der Waals surface area (Å²) in [6.07, 6.45) is 8.63. The average Bonchev–Trinajstić information content (AvgIpc) is 3.16. The zero-order chi connectivity index (χ0) is 20.5. The lowest BCUT2D eigenvalue weighted by Gasteiger charge is -2.22. The topological polar surface area (TPSA) is 40.5 Å². The molecule has 1 unspecified atom stereocenters. The van der Waals surface area contributed by atoms with Gasteiger partial charge in [-0.05, 0) is 63.1 Å². The van der Waals surface area contributed by atoms with Gasteiger partial charge in [0.05, 0.1) is 6.61 Å². The van der Waals surface area contributed by atoms with Gasteiger partial charge in [0.2, 0.25) is 5.91 Å². The van der Waals surface area contributed by atoms with Gasteiger partial charge in [-0.1, -0.05) is 43.8 Å². The van der Waals surface area contributed by atoms with Gasteiger partial charge in [-0.2, -0.15) is 0 Å². The molecule has 0 saturated carbocycles. The third kappa shape index (κ3) is 6.21. The van der Waals surface area contributed by atoms with Gasteiger partial charge in [0.1, 0.15) is 0 Å². The fourth-order valence-electron chi connectivity index (χ4n) is 3.74. The minimum atomic E-state index is -0.0557. The Labute approximate surface area is 179 Å². The van der Waals surface area contributed by atoms with Crippen molar-refractivity contribution in [2.45, 2.75) is 74.9 Å². The lowest BCUT2D eigenvalue weighted by atomic mass is 10.0. The molecule has 1 atom stereocenters. The van der Waals surface area contributed by atoms with E-state index in [1.54, 1.807) is 11.8 Å². The van der Waals surface area contributed by atoms with Gasteiger partial charge in [0.15, 0.2) is 6.29 Å². The largest absolute Gasteiger partial charge is 0.353 e. The van der Waals surface area contributed by atoms with E-state index in [-0.39, 0.29) is 18.1 Å². The third-order valence-electron chi connectivity index (χ3n) is 5.49. The lowest BCUT2D eigenvalue weighted by Crippen LogP contribution is -2.24. The van der Waals surface area contributed by atoms with E-state index in [0.717, 1.165) is 55.7 Å². The Bertz CT molecular complexity index is 749. The number of nitrogens with zero attached hydrogens (tertiary/aromatic N) is 1. The minimum Gasteiger partial charge on any atom is -0.353 e. The number of carbonyl (C=O) groups excluding carboxylic acids is 1. The van der Waals surface area contributed by atoms with Gasteiger partial charge in [-0.3, -0.25) is 9.36 Å². The van der Waals surface area contributed by atoms with E-state index in [1.165, 1.54) is 11.3 Å². The maximum Gasteiger partial charge on any atom is 0.233 e. The number of carbonyl (C=O) groups is 1. The Balaban J connectivity index is 1.69. The van der Waals surface area contributed by atoms with Crippen molar-refractivity contribution in [2.24, 2.45) is 5.92 Å². The van der Waals surface area contributed by atoms with E-state index in [1.807, 2.05) is 29.0 Å². The van der Waals surface area contributed by atoms with Crippen LogP contribution < -0.4 is 0 Å². The highest BCUT2D eigenvalue weighted by molar-refractivity contribution is 7.99. The molecule has 158 valence electrons. The summed E-state index contributed by atoms with van der Waals surface area (Å²) in [5, 5.41) is 0. The van der Waals surface area contributed by atoms with Gasteiger partial charge in [0.25, 0.3) is 0 Å². The Morgan fingerprint density at radius 1 is 1.21 bits per heavy atom. The highest BCUT2D eigenvalue weighted by atomic mass is 32.2. The van der Waals surface area contributed by atoms with E-state index in [2.05, 4.69) is 32.0 Å². The Kier molecular flexibility index (Phi) is 8.84. The number of ether oxygens (including phenoxy) is 2. The number of benzene rings is 1. The smallest absolute Gasteiger partial charge is 0.233 e. The van der Waals surface area contributed by atoms with Crippen molar-refractivity contribution < 1.29 is 14.3 Å². The maximum atomic E-state index is 13.1. The molecule has 1 fully saturated rings. The second-order valence-electron chi connectivity index (χ2n) is 7.53. The molecule has 1 aliphatic heterocycles. The molecule has 0 amide bonds. The first-order chi connectivity index (χ1) is 14.2. The molecule has 1 aromatic heterocycles. The predicted octanol–water partition coefficient (Wildman–Crippen LogP) is 6.19. The second-order valence-corrected chi connectivity index (χ2v) is 8.65. The first-order valence-electron chi connectivity index (χ1n) is 10.9. The van der Waals surface area contributed by atoms with Crippen molar-refractivity contribution in [3.05, 3.63) is 48.3 Å². The summed E-state index contributed by atoms with van der Waals surface area (Å²) >= 11 is 1.73. The first kappa shape index (κ1) is 22.1. The van der Waals surface area contributed by atoms with E-state index in [9.17, 15) is 4.79 Å². The Morgan fingerprint density at radius 3 is 2.69 bits per heavy atom. The highest BCUT2D eigenvalue weighted by Crippen LogP contribution is 2.32. The van der Waals surface area contributed by atoms with Gasteiger partial charge in [0, 0.05) is 34.2 Å². The van der Waals surface area contributed by atoms with Crippen molar-refractivity contribution in [3.8, 4) is 0 Å². The van der Waals surface area contributed by atoms with Crippen molar-refractivity contribution >= 4 is 17.7 Å². The van der Waals surface area contributed by atoms with Crippen LogP contribution in [0.25, 0.3) is 0 Å². The standard InChI is InChI=1S/C24H33NO3S/c1-3-19(4-2)24(26)25-16-15-22(29-20-11-6-5-7-12-20)21(25)13-10-18-28-23-14-8-9-17-27-23/h5-7,11-12,15-16,19,23H,3-4,8-10,13-14,17-18H2,1-2H3. The predicted molar refractivity (Wildman–Crippen MR) is 118 cm³/mol. The van der Waals surface area contributed by atoms with Crippen LogP contribution in [0.15, 0.2) is 52.4 Å². The van der Waals surface area contributed by atoms with Crippen LogP contribution in [0.2, 0.25) is 0 Å². The molecule has 4 nitrogen and oxygen atoms in total. The monoisotopic (exact) mass is 415 g/mol. The van der Waals surface area contributed by atoms with E-state index in [0.29, 0.717) is 6.61 Å². The van der Waals surface area contributed by atoms with Gasteiger partial charge >= 0.3 is 0 Å². The van der Waals surface area contributed by atoms with Crippen LogP contribution in [-0.2, 0) is 15.9 Å². The molecule has 1 aromatic carbocycles. The number of rotatable bonds is 10. The molecule has 2 aromatic rings. The molecule has 3 rings (SSSR count). The zero-order valence-electron chi connectivity index (χ0n) is 17.6. The summed E-state index contributed by atoms with van der Waals surface area (Å²) in [7, 11) is 0. The van der Waals surface area contributed by atoms with Gasteiger partial charge < -0.3 is 9.47 Å². The molecule has 1 aliphatic rings.